The van der Waals surface area contributed by atoms with E-state index in [1.54, 1.807) is 18.4 Å². The topological polar surface area (TPSA) is 84.6 Å². The van der Waals surface area contributed by atoms with E-state index in [2.05, 4.69) is 5.32 Å². The summed E-state index contributed by atoms with van der Waals surface area (Å²) in [5.41, 5.74) is 1.07. The van der Waals surface area contributed by atoms with Crippen LogP contribution in [0.1, 0.15) is 50.0 Å². The first-order valence-corrected chi connectivity index (χ1v) is 10.8. The molecule has 4 rings (SSSR count). The average Bonchev–Trinajstić information content (AvgIpc) is 3.25. The van der Waals surface area contributed by atoms with Crippen LogP contribution in [-0.2, 0) is 22.6 Å². The van der Waals surface area contributed by atoms with Crippen LogP contribution in [0.15, 0.2) is 45.8 Å². The van der Waals surface area contributed by atoms with Gasteiger partial charge in [-0.2, -0.15) is 0 Å². The first kappa shape index (κ1) is 20.4. The Balaban J connectivity index is 1.24. The Morgan fingerprint density at radius 2 is 2.03 bits per heavy atom. The Labute approximate surface area is 176 Å². The fraction of sp³-hybridized carbons (Fsp3) is 0.522. The van der Waals surface area contributed by atoms with E-state index in [1.807, 2.05) is 34.6 Å². The molecule has 2 aliphatic heterocycles. The van der Waals surface area contributed by atoms with Crippen LogP contribution in [0, 0.1) is 5.92 Å². The summed E-state index contributed by atoms with van der Waals surface area (Å²) in [6.07, 6.45) is 4.65. The second-order valence-electron chi connectivity index (χ2n) is 8.58. The molecule has 2 aliphatic rings. The molecule has 0 spiro atoms. The van der Waals surface area contributed by atoms with E-state index in [0.29, 0.717) is 25.6 Å². The summed E-state index contributed by atoms with van der Waals surface area (Å²) in [7, 11) is 0. The van der Waals surface area contributed by atoms with Crippen molar-refractivity contribution in [3.05, 3.63) is 58.4 Å². The average molecular weight is 412 g/mol. The number of carbonyl (C=O) groups excluding carboxylic acids is 2. The predicted molar refractivity (Wildman–Crippen MR) is 112 cm³/mol. The van der Waals surface area contributed by atoms with Crippen molar-refractivity contribution in [1.82, 2.24) is 14.8 Å². The Bertz CT molecular complexity index is 950. The summed E-state index contributed by atoms with van der Waals surface area (Å²) >= 11 is 0. The lowest BCUT2D eigenvalue weighted by molar-refractivity contribution is -0.136. The third-order valence-corrected chi connectivity index (χ3v) is 6.21. The van der Waals surface area contributed by atoms with Crippen molar-refractivity contribution >= 4 is 11.8 Å². The third kappa shape index (κ3) is 4.66. The lowest BCUT2D eigenvalue weighted by atomic mass is 9.83. The highest BCUT2D eigenvalue weighted by Crippen LogP contribution is 2.35. The minimum Gasteiger partial charge on any atom is -0.469 e. The molecule has 4 heterocycles. The molecule has 2 aromatic heterocycles. The van der Waals surface area contributed by atoms with E-state index in [1.165, 1.54) is 0 Å². The Kier molecular flexibility index (Phi) is 6.06. The largest absolute Gasteiger partial charge is 0.469 e. The predicted octanol–water partition coefficient (Wildman–Crippen LogP) is 2.30. The quantitative estimate of drug-likeness (QED) is 0.758. The number of hydrogen-bond donors (Lipinski definition) is 1. The van der Waals surface area contributed by atoms with Crippen molar-refractivity contribution in [1.29, 1.82) is 0 Å². The summed E-state index contributed by atoms with van der Waals surface area (Å²) in [5.74, 6) is 1.34. The number of piperidine rings is 1. The maximum Gasteiger partial charge on any atom is 0.250 e. The number of fused-ring (bicyclic) bond motifs is 4. The fourth-order valence-corrected chi connectivity index (χ4v) is 4.71. The first-order chi connectivity index (χ1) is 14.5. The van der Waals surface area contributed by atoms with Gasteiger partial charge in [-0.1, -0.05) is 6.07 Å². The molecule has 0 radical (unpaired) electrons. The number of nitrogens with zero attached hydrogens (tertiary/aromatic N) is 2. The van der Waals surface area contributed by atoms with Crippen molar-refractivity contribution in [2.75, 3.05) is 13.1 Å². The standard InChI is InChI=1S/C23H29N3O4/c1-16(7-8-19-4-3-11-30-19)24-21(27)9-10-22(28)25-13-17-12-18(15-25)20-5-2-6-23(29)26(20)14-17/h2-6,11,16-18H,7-10,12-15H2,1H3,(H,24,27)/t16-,17-,18+/m1/s1. The van der Waals surface area contributed by atoms with Gasteiger partial charge < -0.3 is 19.2 Å². The van der Waals surface area contributed by atoms with Crippen LogP contribution in [0.25, 0.3) is 0 Å². The van der Waals surface area contributed by atoms with Gasteiger partial charge in [0.2, 0.25) is 11.8 Å². The van der Waals surface area contributed by atoms with Gasteiger partial charge in [0.25, 0.3) is 5.56 Å². The lowest BCUT2D eigenvalue weighted by Crippen LogP contribution is -2.49. The Hall–Kier alpha value is -2.83. The molecular weight excluding hydrogens is 382 g/mol. The number of furan rings is 1. The van der Waals surface area contributed by atoms with Crippen LogP contribution < -0.4 is 10.9 Å². The maximum atomic E-state index is 12.7. The zero-order valence-electron chi connectivity index (χ0n) is 17.4. The number of pyridine rings is 1. The number of hydrogen-bond acceptors (Lipinski definition) is 4. The number of likely N-dealkylation sites (tertiary alicyclic amines) is 1. The molecule has 1 N–H and O–H groups in total. The molecule has 3 atom stereocenters. The van der Waals surface area contributed by atoms with E-state index in [0.717, 1.165) is 30.7 Å². The second-order valence-corrected chi connectivity index (χ2v) is 8.58. The summed E-state index contributed by atoms with van der Waals surface area (Å²) in [4.78, 5) is 39.0. The number of aryl methyl sites for hydroxylation is 1. The molecule has 2 aromatic rings. The molecule has 7 heteroatoms. The third-order valence-electron chi connectivity index (χ3n) is 6.21. The summed E-state index contributed by atoms with van der Waals surface area (Å²) < 4.78 is 7.17. The van der Waals surface area contributed by atoms with Crippen molar-refractivity contribution < 1.29 is 14.0 Å². The van der Waals surface area contributed by atoms with Gasteiger partial charge in [-0.3, -0.25) is 14.4 Å². The lowest BCUT2D eigenvalue weighted by Gasteiger charge is -2.42. The van der Waals surface area contributed by atoms with Gasteiger partial charge in [0.05, 0.1) is 6.26 Å². The second kappa shape index (κ2) is 8.90. The highest BCUT2D eigenvalue weighted by Gasteiger charge is 2.36. The number of rotatable bonds is 7. The summed E-state index contributed by atoms with van der Waals surface area (Å²) in [6.45, 7) is 3.92. The van der Waals surface area contributed by atoms with Crippen LogP contribution in [-0.4, -0.2) is 40.4 Å². The van der Waals surface area contributed by atoms with Gasteiger partial charge in [-0.25, -0.2) is 0 Å². The van der Waals surface area contributed by atoms with E-state index in [9.17, 15) is 14.4 Å². The minimum absolute atomic E-state index is 0.0230. The molecule has 0 aliphatic carbocycles. The highest BCUT2D eigenvalue weighted by atomic mass is 16.3. The van der Waals surface area contributed by atoms with Gasteiger partial charge in [0.1, 0.15) is 5.76 Å². The van der Waals surface area contributed by atoms with Crippen molar-refractivity contribution in [2.24, 2.45) is 5.92 Å². The number of aromatic nitrogens is 1. The zero-order valence-corrected chi connectivity index (χ0v) is 17.4. The van der Waals surface area contributed by atoms with Crippen LogP contribution in [0.2, 0.25) is 0 Å². The minimum atomic E-state index is -0.0932. The maximum absolute atomic E-state index is 12.7. The molecule has 1 saturated heterocycles. The van der Waals surface area contributed by atoms with Crippen molar-refractivity contribution in [3.63, 3.8) is 0 Å². The molecule has 0 aromatic carbocycles. The van der Waals surface area contributed by atoms with E-state index >= 15 is 0 Å². The molecule has 160 valence electrons. The summed E-state index contributed by atoms with van der Waals surface area (Å²) in [5, 5.41) is 2.97. The van der Waals surface area contributed by atoms with Gasteiger partial charge >= 0.3 is 0 Å². The van der Waals surface area contributed by atoms with Crippen LogP contribution in [0.5, 0.6) is 0 Å². The number of nitrogens with one attached hydrogen (secondary N) is 1. The first-order valence-electron chi connectivity index (χ1n) is 10.8. The Morgan fingerprint density at radius 1 is 1.17 bits per heavy atom. The molecular formula is C23H29N3O4. The molecule has 0 saturated carbocycles. The van der Waals surface area contributed by atoms with Gasteiger partial charge in [0.15, 0.2) is 0 Å². The normalized spacial score (nSPS) is 21.0. The van der Waals surface area contributed by atoms with Crippen LogP contribution in [0.3, 0.4) is 0 Å². The fourth-order valence-electron chi connectivity index (χ4n) is 4.71. The summed E-state index contributed by atoms with van der Waals surface area (Å²) in [6, 6.07) is 9.20. The monoisotopic (exact) mass is 411 g/mol. The molecule has 0 unspecified atom stereocenters. The molecule has 7 nitrogen and oxygen atoms in total. The number of amides is 2. The molecule has 2 bridgehead atoms. The van der Waals surface area contributed by atoms with Gasteiger partial charge in [-0.05, 0) is 43.9 Å². The molecule has 1 fully saturated rings. The van der Waals surface area contributed by atoms with Gasteiger partial charge in [-0.15, -0.1) is 0 Å². The van der Waals surface area contributed by atoms with Gasteiger partial charge in [0, 0.05) is 62.6 Å². The van der Waals surface area contributed by atoms with Crippen LogP contribution in [0.4, 0.5) is 0 Å². The highest BCUT2D eigenvalue weighted by molar-refractivity contribution is 5.84. The van der Waals surface area contributed by atoms with E-state index in [-0.39, 0.29) is 42.2 Å². The number of carbonyl (C=O) groups is 2. The molecule has 2 amide bonds. The molecule has 30 heavy (non-hydrogen) atoms. The van der Waals surface area contributed by atoms with E-state index in [4.69, 9.17) is 4.42 Å². The smallest absolute Gasteiger partial charge is 0.250 e. The van der Waals surface area contributed by atoms with Crippen molar-refractivity contribution in [3.8, 4) is 0 Å². The zero-order chi connectivity index (χ0) is 21.1. The van der Waals surface area contributed by atoms with Crippen molar-refractivity contribution in [2.45, 2.75) is 57.5 Å². The van der Waals surface area contributed by atoms with Crippen LogP contribution >= 0.6 is 0 Å². The SMILES string of the molecule is C[C@H](CCc1ccco1)NC(=O)CCC(=O)N1C[C@H]2C[C@@H](C1)c1cccc(=O)n1C2. The Morgan fingerprint density at radius 3 is 2.83 bits per heavy atom. The van der Waals surface area contributed by atoms with E-state index < -0.39 is 0 Å².